The van der Waals surface area contributed by atoms with Crippen molar-refractivity contribution in [3.63, 3.8) is 0 Å². The van der Waals surface area contributed by atoms with Crippen molar-refractivity contribution in [3.05, 3.63) is 53.6 Å². The maximum Gasteiger partial charge on any atom is 0.527 e. The van der Waals surface area contributed by atoms with Gasteiger partial charge in [-0.25, -0.2) is 4.57 Å². The van der Waals surface area contributed by atoms with Gasteiger partial charge in [-0.2, -0.15) is 0 Å². The lowest BCUT2D eigenvalue weighted by Crippen LogP contribution is -2.43. The van der Waals surface area contributed by atoms with E-state index in [1.165, 1.54) is 0 Å². The largest absolute Gasteiger partial charge is 0.527 e. The lowest BCUT2D eigenvalue weighted by atomic mass is 9.64. The molecule has 4 atom stereocenters. The topological polar surface area (TPSA) is 65.0 Å². The molecule has 4 rings (SSSR count). The zero-order valence-corrected chi connectivity index (χ0v) is 21.6. The van der Waals surface area contributed by atoms with Crippen molar-refractivity contribution in [1.29, 1.82) is 0 Å². The number of ether oxygens (including phenoxy) is 1. The molecule has 178 valence electrons. The van der Waals surface area contributed by atoms with Crippen LogP contribution in [-0.2, 0) is 13.6 Å². The molecule has 0 aromatic heterocycles. The molecule has 0 amide bonds. The van der Waals surface area contributed by atoms with E-state index < -0.39 is 7.82 Å². The molecule has 7 heteroatoms. The lowest BCUT2D eigenvalue weighted by molar-refractivity contribution is -0.0425. The number of phosphoric ester groups is 1. The second-order valence-electron chi connectivity index (χ2n) is 9.68. The highest BCUT2D eigenvalue weighted by molar-refractivity contribution is 7.99. The highest BCUT2D eigenvalue weighted by atomic mass is 32.2. The van der Waals surface area contributed by atoms with Gasteiger partial charge >= 0.3 is 7.82 Å². The molecule has 0 radical (unpaired) electrons. The van der Waals surface area contributed by atoms with Crippen LogP contribution in [0.25, 0.3) is 11.8 Å². The molecular weight excluding hydrogens is 455 g/mol. The summed E-state index contributed by atoms with van der Waals surface area (Å²) in [5.41, 5.74) is 1.43. The molecule has 33 heavy (non-hydrogen) atoms. The molecule has 2 aromatic rings. The van der Waals surface area contributed by atoms with Gasteiger partial charge in [-0.15, -0.1) is 0 Å². The van der Waals surface area contributed by atoms with Crippen molar-refractivity contribution in [2.75, 3.05) is 7.11 Å². The highest BCUT2D eigenvalue weighted by Crippen LogP contribution is 2.57. The Bertz CT molecular complexity index is 1100. The highest BCUT2D eigenvalue weighted by Gasteiger charge is 2.46. The Balaban J connectivity index is 1.70. The minimum atomic E-state index is -4.40. The first-order valence-corrected chi connectivity index (χ1v) is 13.8. The van der Waals surface area contributed by atoms with Gasteiger partial charge in [-0.05, 0) is 66.4 Å². The zero-order valence-electron chi connectivity index (χ0n) is 19.9. The van der Waals surface area contributed by atoms with Gasteiger partial charge in [0.15, 0.2) is 0 Å². The molecule has 1 N–H and O–H groups in total. The number of phosphoric acid groups is 1. The van der Waals surface area contributed by atoms with E-state index in [-0.39, 0.29) is 11.5 Å². The molecule has 1 saturated carbocycles. The van der Waals surface area contributed by atoms with Crippen LogP contribution < -0.4 is 4.74 Å². The van der Waals surface area contributed by atoms with Crippen LogP contribution in [-0.4, -0.2) is 18.1 Å². The Kier molecular flexibility index (Phi) is 7.02. The van der Waals surface area contributed by atoms with Crippen molar-refractivity contribution in [2.45, 2.75) is 62.9 Å². The van der Waals surface area contributed by atoms with Gasteiger partial charge in [-0.3, -0.25) is 9.42 Å². The molecule has 1 aliphatic carbocycles. The van der Waals surface area contributed by atoms with E-state index in [1.54, 1.807) is 18.9 Å². The smallest absolute Gasteiger partial charge is 0.496 e. The van der Waals surface area contributed by atoms with Gasteiger partial charge in [-0.1, -0.05) is 63.7 Å². The van der Waals surface area contributed by atoms with Crippen LogP contribution in [0.15, 0.2) is 52.3 Å². The van der Waals surface area contributed by atoms with E-state index in [9.17, 15) is 9.46 Å². The van der Waals surface area contributed by atoms with Crippen molar-refractivity contribution < 1.29 is 23.2 Å². The summed E-state index contributed by atoms with van der Waals surface area (Å²) in [7, 11) is -2.79. The molecule has 1 aliphatic heterocycles. The molecular formula is C26H33O5PS. The van der Waals surface area contributed by atoms with E-state index in [4.69, 9.17) is 13.8 Å². The maximum atomic E-state index is 13.4. The minimum Gasteiger partial charge on any atom is -0.496 e. The van der Waals surface area contributed by atoms with E-state index in [0.29, 0.717) is 28.9 Å². The van der Waals surface area contributed by atoms with Gasteiger partial charge in [0.1, 0.15) is 11.5 Å². The van der Waals surface area contributed by atoms with Crippen molar-refractivity contribution in [2.24, 2.45) is 17.3 Å². The second kappa shape index (κ2) is 9.50. The summed E-state index contributed by atoms with van der Waals surface area (Å²) in [4.78, 5) is 12.8. The first-order valence-electron chi connectivity index (χ1n) is 11.5. The number of benzene rings is 2. The van der Waals surface area contributed by atoms with E-state index >= 15 is 0 Å². The molecule has 0 saturated heterocycles. The monoisotopic (exact) mass is 488 g/mol. The minimum absolute atomic E-state index is 0.185. The lowest BCUT2D eigenvalue weighted by Gasteiger charge is -2.46. The first kappa shape index (κ1) is 24.4. The van der Waals surface area contributed by atoms with Crippen LogP contribution in [0.1, 0.15) is 58.1 Å². The summed E-state index contributed by atoms with van der Waals surface area (Å²) in [6, 6.07) is 13.5. The average Bonchev–Trinajstić information content (AvgIpc) is 2.92. The summed E-state index contributed by atoms with van der Waals surface area (Å²) in [5, 5.41) is 0. The molecule has 0 bridgehead atoms. The maximum absolute atomic E-state index is 13.4. The van der Waals surface area contributed by atoms with Crippen LogP contribution in [0.5, 0.6) is 5.75 Å². The molecule has 0 spiro atoms. The standard InChI is InChI=1S/C26H33O5PS/c1-17(2)26(4)14-13-18(3)15-24(26)31-32(27,28)30-22-16-19-9-6-7-12-23(19)33-25-20(22)10-8-11-21(25)29-5/h6-12,16-18,24H,13-15H2,1-5H3,(H,27,28)/t18-,24-,26-/m0/s1. The number of hydrogen-bond acceptors (Lipinski definition) is 5. The van der Waals surface area contributed by atoms with Crippen LogP contribution in [0.3, 0.4) is 0 Å². The second-order valence-corrected chi connectivity index (χ2v) is 12.1. The molecule has 5 nitrogen and oxygen atoms in total. The first-order chi connectivity index (χ1) is 15.6. The summed E-state index contributed by atoms with van der Waals surface area (Å²) in [5.74, 6) is 1.75. The predicted molar refractivity (Wildman–Crippen MR) is 133 cm³/mol. The Morgan fingerprint density at radius 2 is 1.94 bits per heavy atom. The van der Waals surface area contributed by atoms with Gasteiger partial charge in [0.2, 0.25) is 0 Å². The van der Waals surface area contributed by atoms with Gasteiger partial charge < -0.3 is 9.26 Å². The van der Waals surface area contributed by atoms with Gasteiger partial charge in [0, 0.05) is 10.5 Å². The van der Waals surface area contributed by atoms with Crippen molar-refractivity contribution in [3.8, 4) is 5.75 Å². The molecule has 1 fully saturated rings. The predicted octanol–water partition coefficient (Wildman–Crippen LogP) is 7.64. The van der Waals surface area contributed by atoms with E-state index in [2.05, 4.69) is 27.7 Å². The van der Waals surface area contributed by atoms with Crippen LogP contribution in [0.4, 0.5) is 0 Å². The average molecular weight is 489 g/mol. The summed E-state index contributed by atoms with van der Waals surface area (Å²) >= 11 is 1.55. The number of hydrogen-bond donors (Lipinski definition) is 1. The van der Waals surface area contributed by atoms with Gasteiger partial charge in [0.05, 0.1) is 18.1 Å². The Morgan fingerprint density at radius 3 is 2.67 bits per heavy atom. The van der Waals surface area contributed by atoms with Crippen molar-refractivity contribution >= 4 is 31.4 Å². The summed E-state index contributed by atoms with van der Waals surface area (Å²) < 4.78 is 30.7. The summed E-state index contributed by atoms with van der Waals surface area (Å²) in [6.45, 7) is 8.64. The molecule has 2 aromatic carbocycles. The third-order valence-electron chi connectivity index (χ3n) is 7.20. The van der Waals surface area contributed by atoms with E-state index in [0.717, 1.165) is 34.6 Å². The fourth-order valence-corrected chi connectivity index (χ4v) is 6.91. The number of methoxy groups -OCH3 is 1. The fraction of sp³-hybridized carbons (Fsp3) is 0.462. The normalized spacial score (nSPS) is 26.5. The Morgan fingerprint density at radius 1 is 1.18 bits per heavy atom. The Labute approximate surface area is 201 Å². The SMILES string of the molecule is COc1cccc2c1Sc1ccccc1C=C2OP(=O)(O)O[C@H]1C[C@@H](C)CC[C@@]1(C)C(C)C. The molecule has 1 unspecified atom stereocenters. The van der Waals surface area contributed by atoms with Crippen LogP contribution in [0.2, 0.25) is 0 Å². The van der Waals surface area contributed by atoms with Crippen LogP contribution in [0, 0.1) is 17.3 Å². The van der Waals surface area contributed by atoms with Gasteiger partial charge in [0.25, 0.3) is 0 Å². The zero-order chi connectivity index (χ0) is 23.8. The fourth-order valence-electron chi connectivity index (χ4n) is 4.67. The van der Waals surface area contributed by atoms with Crippen LogP contribution >= 0.6 is 19.6 Å². The Hall–Kier alpha value is -1.72. The van der Waals surface area contributed by atoms with Crippen molar-refractivity contribution in [1.82, 2.24) is 0 Å². The number of rotatable bonds is 6. The third-order valence-corrected chi connectivity index (χ3v) is 9.37. The summed E-state index contributed by atoms with van der Waals surface area (Å²) in [6.07, 6.45) is 4.26. The van der Waals surface area contributed by atoms with E-state index in [1.807, 2.05) is 48.5 Å². The quantitative estimate of drug-likeness (QED) is 0.422. The third kappa shape index (κ3) is 5.05. The molecule has 1 heterocycles. The molecule has 2 aliphatic rings. The number of fused-ring (bicyclic) bond motifs is 2.